The molecule has 0 saturated carbocycles. The van der Waals surface area contributed by atoms with Crippen LogP contribution < -0.4 is 0 Å². The Morgan fingerprint density at radius 3 is 2.78 bits per heavy atom. The molecule has 0 radical (unpaired) electrons. The summed E-state index contributed by atoms with van der Waals surface area (Å²) in [6, 6.07) is 1.81. The van der Waals surface area contributed by atoms with Crippen molar-refractivity contribution < 1.29 is 14.3 Å². The molecule has 1 aliphatic heterocycles. The van der Waals surface area contributed by atoms with E-state index in [9.17, 15) is 9.59 Å². The molecule has 2 unspecified atom stereocenters. The topological polar surface area (TPSA) is 46.6 Å². The van der Waals surface area contributed by atoms with Crippen LogP contribution in [-0.4, -0.2) is 37.0 Å². The van der Waals surface area contributed by atoms with Gasteiger partial charge in [0.05, 0.1) is 22.4 Å². The van der Waals surface area contributed by atoms with Crippen LogP contribution in [0.4, 0.5) is 0 Å². The molecule has 0 bridgehead atoms. The first-order valence-corrected chi connectivity index (χ1v) is 7.31. The summed E-state index contributed by atoms with van der Waals surface area (Å²) in [6.45, 7) is 3.02. The molecule has 1 aromatic rings. The number of carbonyl (C=O) groups is 2. The van der Waals surface area contributed by atoms with Gasteiger partial charge in [-0.1, -0.05) is 6.92 Å². The smallest absolute Gasteiger partial charge is 0.310 e. The lowest BCUT2D eigenvalue weighted by atomic mass is 9.99. The Kier molecular flexibility index (Phi) is 4.07. The molecule has 0 spiro atoms. The van der Waals surface area contributed by atoms with Crippen LogP contribution in [0.2, 0.25) is 0 Å². The van der Waals surface area contributed by atoms with E-state index in [4.69, 9.17) is 4.74 Å². The molecule has 0 aliphatic carbocycles. The molecule has 18 heavy (non-hydrogen) atoms. The maximum Gasteiger partial charge on any atom is 0.310 e. The highest BCUT2D eigenvalue weighted by atomic mass is 79.9. The van der Waals surface area contributed by atoms with E-state index < -0.39 is 0 Å². The van der Waals surface area contributed by atoms with Gasteiger partial charge in [0.2, 0.25) is 0 Å². The molecule has 0 aromatic carbocycles. The van der Waals surface area contributed by atoms with Gasteiger partial charge < -0.3 is 9.64 Å². The predicted molar refractivity (Wildman–Crippen MR) is 72.6 cm³/mol. The Morgan fingerprint density at radius 2 is 2.22 bits per heavy atom. The van der Waals surface area contributed by atoms with Gasteiger partial charge in [-0.2, -0.15) is 0 Å². The Labute approximate surface area is 118 Å². The van der Waals surface area contributed by atoms with Gasteiger partial charge in [-0.15, -0.1) is 11.3 Å². The van der Waals surface area contributed by atoms with Crippen LogP contribution in [0.3, 0.4) is 0 Å². The van der Waals surface area contributed by atoms with Crippen molar-refractivity contribution in [2.24, 2.45) is 11.8 Å². The van der Waals surface area contributed by atoms with Gasteiger partial charge in [0.1, 0.15) is 0 Å². The third-order valence-corrected chi connectivity index (χ3v) is 4.72. The number of likely N-dealkylation sites (tertiary alicyclic amines) is 1. The van der Waals surface area contributed by atoms with Gasteiger partial charge in [0.15, 0.2) is 0 Å². The minimum Gasteiger partial charge on any atom is -0.469 e. The summed E-state index contributed by atoms with van der Waals surface area (Å²) in [7, 11) is 1.38. The molecule has 1 aromatic heterocycles. The van der Waals surface area contributed by atoms with E-state index in [-0.39, 0.29) is 23.7 Å². The SMILES string of the molecule is COC(=O)C1CN(C(=O)c2csc(Br)c2)CC1C. The number of carbonyl (C=O) groups excluding carboxylic acids is 2. The average molecular weight is 332 g/mol. The van der Waals surface area contributed by atoms with E-state index in [2.05, 4.69) is 15.9 Å². The summed E-state index contributed by atoms with van der Waals surface area (Å²) in [4.78, 5) is 25.5. The summed E-state index contributed by atoms with van der Waals surface area (Å²) in [5.74, 6) is -0.316. The van der Waals surface area contributed by atoms with Gasteiger partial charge in [-0.25, -0.2) is 0 Å². The van der Waals surface area contributed by atoms with Crippen molar-refractivity contribution in [3.05, 3.63) is 20.8 Å². The summed E-state index contributed by atoms with van der Waals surface area (Å²) in [6.07, 6.45) is 0. The Hall–Kier alpha value is -0.880. The molecule has 1 aliphatic rings. The van der Waals surface area contributed by atoms with Crippen molar-refractivity contribution in [1.29, 1.82) is 0 Å². The molecule has 2 atom stereocenters. The summed E-state index contributed by atoms with van der Waals surface area (Å²) < 4.78 is 5.69. The highest BCUT2D eigenvalue weighted by Gasteiger charge is 2.37. The number of thiophene rings is 1. The average Bonchev–Trinajstić information content (AvgIpc) is 2.94. The third-order valence-electron chi connectivity index (χ3n) is 3.22. The molecule has 2 heterocycles. The molecule has 98 valence electrons. The number of ether oxygens (including phenoxy) is 1. The number of amides is 1. The van der Waals surface area contributed by atoms with Crippen molar-refractivity contribution in [2.45, 2.75) is 6.92 Å². The summed E-state index contributed by atoms with van der Waals surface area (Å²) in [5.41, 5.74) is 0.671. The lowest BCUT2D eigenvalue weighted by Gasteiger charge is -2.14. The van der Waals surface area contributed by atoms with E-state index in [1.807, 2.05) is 18.4 Å². The van der Waals surface area contributed by atoms with Crippen LogP contribution in [0.1, 0.15) is 17.3 Å². The van der Waals surface area contributed by atoms with Crippen LogP contribution in [0, 0.1) is 11.8 Å². The van der Waals surface area contributed by atoms with Gasteiger partial charge >= 0.3 is 5.97 Å². The minimum absolute atomic E-state index is 0.0183. The quantitative estimate of drug-likeness (QED) is 0.782. The van der Waals surface area contributed by atoms with Crippen LogP contribution in [0.25, 0.3) is 0 Å². The van der Waals surface area contributed by atoms with Crippen molar-refractivity contribution in [3.63, 3.8) is 0 Å². The molecule has 4 nitrogen and oxygen atoms in total. The lowest BCUT2D eigenvalue weighted by molar-refractivity contribution is -0.146. The second-order valence-electron chi connectivity index (χ2n) is 4.46. The molecule has 2 rings (SSSR count). The zero-order valence-electron chi connectivity index (χ0n) is 10.2. The van der Waals surface area contributed by atoms with E-state index in [1.54, 1.807) is 4.90 Å². The molecular formula is C12H14BrNO3S. The van der Waals surface area contributed by atoms with E-state index in [0.29, 0.717) is 18.7 Å². The molecule has 1 fully saturated rings. The standard InChI is InChI=1S/C12H14BrNO3S/c1-7-4-14(5-9(7)12(16)17-2)11(15)8-3-10(13)18-6-8/h3,6-7,9H,4-5H2,1-2H3. The molecule has 1 amide bonds. The van der Waals surface area contributed by atoms with Gasteiger partial charge in [0.25, 0.3) is 5.91 Å². The van der Waals surface area contributed by atoms with E-state index in [1.165, 1.54) is 18.4 Å². The van der Waals surface area contributed by atoms with E-state index in [0.717, 1.165) is 3.79 Å². The number of nitrogens with zero attached hydrogens (tertiary/aromatic N) is 1. The van der Waals surface area contributed by atoms with Crippen molar-refractivity contribution in [1.82, 2.24) is 4.90 Å². The zero-order chi connectivity index (χ0) is 13.3. The lowest BCUT2D eigenvalue weighted by Crippen LogP contribution is -2.29. The van der Waals surface area contributed by atoms with Crippen LogP contribution >= 0.6 is 27.3 Å². The van der Waals surface area contributed by atoms with Crippen LogP contribution in [0.5, 0.6) is 0 Å². The normalized spacial score (nSPS) is 23.2. The Bertz CT molecular complexity index is 474. The van der Waals surface area contributed by atoms with Gasteiger partial charge in [-0.05, 0) is 27.9 Å². The van der Waals surface area contributed by atoms with Crippen molar-refractivity contribution in [3.8, 4) is 0 Å². The third kappa shape index (κ3) is 2.59. The zero-order valence-corrected chi connectivity index (χ0v) is 12.6. The maximum atomic E-state index is 12.2. The van der Waals surface area contributed by atoms with Gasteiger partial charge in [0, 0.05) is 18.5 Å². The van der Waals surface area contributed by atoms with Crippen LogP contribution in [0.15, 0.2) is 15.2 Å². The fourth-order valence-electron chi connectivity index (χ4n) is 2.20. The number of halogens is 1. The van der Waals surface area contributed by atoms with E-state index >= 15 is 0 Å². The Morgan fingerprint density at radius 1 is 1.50 bits per heavy atom. The fourth-order valence-corrected chi connectivity index (χ4v) is 3.33. The summed E-state index contributed by atoms with van der Waals surface area (Å²) >= 11 is 4.82. The highest BCUT2D eigenvalue weighted by molar-refractivity contribution is 9.11. The van der Waals surface area contributed by atoms with Crippen LogP contribution in [-0.2, 0) is 9.53 Å². The highest BCUT2D eigenvalue weighted by Crippen LogP contribution is 2.27. The molecular weight excluding hydrogens is 318 g/mol. The monoisotopic (exact) mass is 331 g/mol. The minimum atomic E-state index is -0.232. The first-order chi connectivity index (χ1) is 8.52. The molecule has 0 N–H and O–H groups in total. The second-order valence-corrected chi connectivity index (χ2v) is 6.75. The number of hydrogen-bond donors (Lipinski definition) is 0. The largest absolute Gasteiger partial charge is 0.469 e. The number of hydrogen-bond acceptors (Lipinski definition) is 4. The van der Waals surface area contributed by atoms with Crippen molar-refractivity contribution in [2.75, 3.05) is 20.2 Å². The summed E-state index contributed by atoms with van der Waals surface area (Å²) in [5, 5.41) is 1.82. The second kappa shape index (κ2) is 5.40. The Balaban J connectivity index is 2.08. The maximum absolute atomic E-state index is 12.2. The number of esters is 1. The van der Waals surface area contributed by atoms with Crippen molar-refractivity contribution >= 4 is 39.1 Å². The number of methoxy groups -OCH3 is 1. The molecule has 1 saturated heterocycles. The van der Waals surface area contributed by atoms with Gasteiger partial charge in [-0.3, -0.25) is 9.59 Å². The molecule has 6 heteroatoms. The first kappa shape index (κ1) is 13.5. The first-order valence-electron chi connectivity index (χ1n) is 5.64. The number of rotatable bonds is 2. The predicted octanol–water partition coefficient (Wildman–Crippen LogP) is 2.39. The fraction of sp³-hybridized carbons (Fsp3) is 0.500.